The van der Waals surface area contributed by atoms with Crippen LogP contribution in [0, 0.1) is 0 Å². The van der Waals surface area contributed by atoms with Crippen LogP contribution in [0.15, 0.2) is 77.3 Å². The molecule has 0 bridgehead atoms. The second kappa shape index (κ2) is 9.12. The Morgan fingerprint density at radius 1 is 0.969 bits per heavy atom. The smallest absolute Gasteiger partial charge is 0.255 e. The van der Waals surface area contributed by atoms with Crippen molar-refractivity contribution in [3.05, 3.63) is 94.0 Å². The van der Waals surface area contributed by atoms with Crippen molar-refractivity contribution in [2.45, 2.75) is 31.6 Å². The van der Waals surface area contributed by atoms with Gasteiger partial charge in [0.2, 0.25) is 5.91 Å². The van der Waals surface area contributed by atoms with Crippen molar-refractivity contribution >= 4 is 50.9 Å². The van der Waals surface area contributed by atoms with Gasteiger partial charge in [0.15, 0.2) is 0 Å². The normalized spacial score (nSPS) is 16.3. The second-order valence-corrected chi connectivity index (χ2v) is 10.8. The number of rotatable bonds is 4. The summed E-state index contributed by atoms with van der Waals surface area (Å²) in [6.45, 7) is 6.54. The summed E-state index contributed by atoms with van der Waals surface area (Å²) in [4.78, 5) is 27.0. The van der Waals surface area contributed by atoms with Crippen LogP contribution in [0.3, 0.4) is 0 Å². The van der Waals surface area contributed by atoms with Crippen LogP contribution in [0.4, 0.5) is 11.4 Å². The molecule has 32 heavy (non-hydrogen) atoms. The third-order valence-corrected chi connectivity index (χ3v) is 7.18. The zero-order valence-corrected chi connectivity index (χ0v) is 20.7. The number of benzene rings is 3. The minimum absolute atomic E-state index is 0.0677. The summed E-state index contributed by atoms with van der Waals surface area (Å²) in [6, 6.07) is 23.2. The molecule has 2 amide bonds. The van der Waals surface area contributed by atoms with Gasteiger partial charge in [-0.25, -0.2) is 0 Å². The van der Waals surface area contributed by atoms with Gasteiger partial charge in [0.1, 0.15) is 5.37 Å². The Hall–Kier alpha value is -2.57. The third kappa shape index (κ3) is 4.92. The summed E-state index contributed by atoms with van der Waals surface area (Å²) in [5.41, 5.74) is 4.56. The summed E-state index contributed by atoms with van der Waals surface area (Å²) in [5.74, 6) is 0.403. The second-order valence-electron chi connectivity index (χ2n) is 8.81. The topological polar surface area (TPSA) is 49.4 Å². The standard InChI is InChI=1S/C26H25BrN2O2S/c1-26(2,3)19-8-14-22(15-9-19)29-23(30)16-32-25(29)18-6-12-21(13-7-18)28-24(31)17-4-10-20(27)11-5-17/h4-15,25H,16H2,1-3H3,(H,28,31)/t25-/m0/s1. The van der Waals surface area contributed by atoms with Gasteiger partial charge < -0.3 is 5.32 Å². The number of hydrogen-bond acceptors (Lipinski definition) is 3. The van der Waals surface area contributed by atoms with E-state index in [1.54, 1.807) is 23.9 Å². The van der Waals surface area contributed by atoms with E-state index in [-0.39, 0.29) is 22.6 Å². The van der Waals surface area contributed by atoms with Crippen LogP contribution in [0.1, 0.15) is 47.6 Å². The summed E-state index contributed by atoms with van der Waals surface area (Å²) >= 11 is 5.00. The van der Waals surface area contributed by atoms with Crippen molar-refractivity contribution in [2.24, 2.45) is 0 Å². The molecule has 3 aromatic rings. The van der Waals surface area contributed by atoms with E-state index in [0.717, 1.165) is 21.4 Å². The molecule has 0 spiro atoms. The van der Waals surface area contributed by atoms with Crippen LogP contribution in [0.2, 0.25) is 0 Å². The highest BCUT2D eigenvalue weighted by molar-refractivity contribution is 9.10. The monoisotopic (exact) mass is 508 g/mol. The fourth-order valence-electron chi connectivity index (χ4n) is 3.61. The van der Waals surface area contributed by atoms with Gasteiger partial charge in [0.05, 0.1) is 5.75 Å². The molecule has 0 radical (unpaired) electrons. The molecule has 1 atom stereocenters. The van der Waals surface area contributed by atoms with Gasteiger partial charge >= 0.3 is 0 Å². The number of carbonyl (C=O) groups is 2. The molecule has 164 valence electrons. The number of amides is 2. The molecule has 1 saturated heterocycles. The number of nitrogens with zero attached hydrogens (tertiary/aromatic N) is 1. The van der Waals surface area contributed by atoms with Gasteiger partial charge in [-0.1, -0.05) is 61.0 Å². The maximum Gasteiger partial charge on any atom is 0.255 e. The van der Waals surface area contributed by atoms with Gasteiger partial charge in [-0.2, -0.15) is 0 Å². The molecule has 4 nitrogen and oxygen atoms in total. The number of hydrogen-bond donors (Lipinski definition) is 1. The van der Waals surface area contributed by atoms with Crippen LogP contribution >= 0.6 is 27.7 Å². The number of carbonyl (C=O) groups excluding carboxylic acids is 2. The molecular weight excluding hydrogens is 484 g/mol. The zero-order valence-electron chi connectivity index (χ0n) is 18.3. The summed E-state index contributed by atoms with van der Waals surface area (Å²) < 4.78 is 0.930. The lowest BCUT2D eigenvalue weighted by molar-refractivity contribution is -0.115. The highest BCUT2D eigenvalue weighted by atomic mass is 79.9. The van der Waals surface area contributed by atoms with Gasteiger partial charge in [0.25, 0.3) is 5.91 Å². The van der Waals surface area contributed by atoms with Crippen molar-refractivity contribution in [1.29, 1.82) is 0 Å². The van der Waals surface area contributed by atoms with Crippen molar-refractivity contribution in [3.8, 4) is 0 Å². The average molecular weight is 509 g/mol. The zero-order chi connectivity index (χ0) is 22.9. The highest BCUT2D eigenvalue weighted by Gasteiger charge is 2.34. The SMILES string of the molecule is CC(C)(C)c1ccc(N2C(=O)CS[C@H]2c2ccc(NC(=O)c3ccc(Br)cc3)cc2)cc1. The Labute approximate surface area is 201 Å². The number of halogens is 1. The molecule has 1 N–H and O–H groups in total. The third-order valence-electron chi connectivity index (χ3n) is 5.44. The summed E-state index contributed by atoms with van der Waals surface area (Å²) in [5, 5.41) is 2.84. The molecule has 1 aliphatic rings. The molecular formula is C26H25BrN2O2S. The van der Waals surface area contributed by atoms with Gasteiger partial charge in [0, 0.05) is 21.4 Å². The van der Waals surface area contributed by atoms with Crippen LogP contribution < -0.4 is 10.2 Å². The predicted molar refractivity (Wildman–Crippen MR) is 136 cm³/mol. The number of nitrogens with one attached hydrogen (secondary N) is 1. The van der Waals surface area contributed by atoms with E-state index in [4.69, 9.17) is 0 Å². The Bertz CT molecular complexity index is 1120. The Morgan fingerprint density at radius 3 is 2.19 bits per heavy atom. The van der Waals surface area contributed by atoms with Crippen molar-refractivity contribution in [3.63, 3.8) is 0 Å². The molecule has 4 rings (SSSR count). The van der Waals surface area contributed by atoms with E-state index in [1.165, 1.54) is 5.56 Å². The van der Waals surface area contributed by atoms with E-state index in [9.17, 15) is 9.59 Å². The first-order valence-corrected chi connectivity index (χ1v) is 12.3. The Morgan fingerprint density at radius 2 is 1.59 bits per heavy atom. The Kier molecular flexibility index (Phi) is 6.45. The van der Waals surface area contributed by atoms with Gasteiger partial charge in [-0.15, -0.1) is 11.8 Å². The van der Waals surface area contributed by atoms with E-state index >= 15 is 0 Å². The van der Waals surface area contributed by atoms with Crippen molar-refractivity contribution < 1.29 is 9.59 Å². The lowest BCUT2D eigenvalue weighted by atomic mass is 9.87. The van der Waals surface area contributed by atoms with Crippen molar-refractivity contribution in [1.82, 2.24) is 0 Å². The molecule has 6 heteroatoms. The minimum Gasteiger partial charge on any atom is -0.322 e. The van der Waals surface area contributed by atoms with Crippen LogP contribution in [0.25, 0.3) is 0 Å². The van der Waals surface area contributed by atoms with E-state index in [1.807, 2.05) is 53.4 Å². The minimum atomic E-state index is -0.156. The van der Waals surface area contributed by atoms with E-state index < -0.39 is 0 Å². The Balaban J connectivity index is 1.50. The van der Waals surface area contributed by atoms with Crippen molar-refractivity contribution in [2.75, 3.05) is 16.0 Å². The number of anilines is 2. The molecule has 1 heterocycles. The average Bonchev–Trinajstić information content (AvgIpc) is 3.15. The fourth-order valence-corrected chi connectivity index (χ4v) is 5.05. The summed E-state index contributed by atoms with van der Waals surface area (Å²) in [7, 11) is 0. The van der Waals surface area contributed by atoms with Crippen LogP contribution in [0.5, 0.6) is 0 Å². The fraction of sp³-hybridized carbons (Fsp3) is 0.231. The molecule has 0 aromatic heterocycles. The molecule has 0 saturated carbocycles. The maximum atomic E-state index is 12.7. The highest BCUT2D eigenvalue weighted by Crippen LogP contribution is 2.42. The molecule has 0 unspecified atom stereocenters. The first kappa shape index (κ1) is 22.6. The first-order valence-electron chi connectivity index (χ1n) is 10.4. The first-order chi connectivity index (χ1) is 15.2. The van der Waals surface area contributed by atoms with E-state index in [2.05, 4.69) is 54.2 Å². The predicted octanol–water partition coefficient (Wildman–Crippen LogP) is 6.78. The quantitative estimate of drug-likeness (QED) is 0.422. The maximum absolute atomic E-state index is 12.7. The van der Waals surface area contributed by atoms with Crippen LogP contribution in [-0.4, -0.2) is 17.6 Å². The molecule has 1 aliphatic heterocycles. The number of thioether (sulfide) groups is 1. The lowest BCUT2D eigenvalue weighted by Crippen LogP contribution is -2.28. The van der Waals surface area contributed by atoms with Gasteiger partial charge in [-0.05, 0) is 65.1 Å². The molecule has 0 aliphatic carbocycles. The largest absolute Gasteiger partial charge is 0.322 e. The molecule has 1 fully saturated rings. The van der Waals surface area contributed by atoms with Crippen LogP contribution in [-0.2, 0) is 10.2 Å². The lowest BCUT2D eigenvalue weighted by Gasteiger charge is -2.26. The summed E-state index contributed by atoms with van der Waals surface area (Å²) in [6.07, 6.45) is 0. The van der Waals surface area contributed by atoms with Gasteiger partial charge in [-0.3, -0.25) is 14.5 Å². The molecule has 3 aromatic carbocycles. The van der Waals surface area contributed by atoms with E-state index in [0.29, 0.717) is 11.3 Å².